The molecular formula is C19H20FN3O. The molecule has 0 aliphatic carbocycles. The molecule has 2 aromatic rings. The number of hydrogen-bond donors (Lipinski definition) is 2. The number of para-hydroxylation sites is 1. The van der Waals surface area contributed by atoms with Crippen LogP contribution in [0.1, 0.15) is 29.2 Å². The van der Waals surface area contributed by atoms with Crippen LogP contribution in [0.4, 0.5) is 14.9 Å². The lowest BCUT2D eigenvalue weighted by Crippen LogP contribution is -2.25. The maximum atomic E-state index is 13.3. The van der Waals surface area contributed by atoms with Gasteiger partial charge in [-0.15, -0.1) is 0 Å². The molecule has 2 amide bonds. The molecule has 24 heavy (non-hydrogen) atoms. The van der Waals surface area contributed by atoms with Gasteiger partial charge < -0.3 is 5.32 Å². The number of urea groups is 1. The highest BCUT2D eigenvalue weighted by Crippen LogP contribution is 2.19. The molecule has 0 aromatic heterocycles. The Morgan fingerprint density at radius 2 is 1.88 bits per heavy atom. The Hall–Kier alpha value is -2.95. The monoisotopic (exact) mass is 325 g/mol. The Bertz CT molecular complexity index is 792. The first-order valence-corrected chi connectivity index (χ1v) is 7.50. The number of carbonyl (C=O) groups excluding carboxylic acids is 1. The van der Waals surface area contributed by atoms with Crippen LogP contribution in [0.25, 0.3) is 5.57 Å². The second-order valence-electron chi connectivity index (χ2n) is 5.60. The summed E-state index contributed by atoms with van der Waals surface area (Å²) in [5.74, 6) is -0.342. The van der Waals surface area contributed by atoms with Gasteiger partial charge in [0, 0.05) is 11.3 Å². The van der Waals surface area contributed by atoms with Gasteiger partial charge in [0.15, 0.2) is 0 Å². The summed E-state index contributed by atoms with van der Waals surface area (Å²) in [5.41, 5.74) is 7.15. The Labute approximate surface area is 141 Å². The number of allylic oxidation sites excluding steroid dienone is 1. The molecule has 4 nitrogen and oxygen atoms in total. The van der Waals surface area contributed by atoms with Gasteiger partial charge in [0.05, 0.1) is 6.21 Å². The first kappa shape index (κ1) is 17.4. The van der Waals surface area contributed by atoms with Gasteiger partial charge >= 0.3 is 6.03 Å². The lowest BCUT2D eigenvalue weighted by Gasteiger charge is -2.10. The summed E-state index contributed by atoms with van der Waals surface area (Å²) in [6, 6.07) is 9.65. The van der Waals surface area contributed by atoms with E-state index >= 15 is 0 Å². The Kier molecular flexibility index (Phi) is 5.47. The van der Waals surface area contributed by atoms with Gasteiger partial charge in [0.25, 0.3) is 0 Å². The lowest BCUT2D eigenvalue weighted by molar-refractivity contribution is 0.252. The number of aryl methyl sites for hydroxylation is 2. The van der Waals surface area contributed by atoms with E-state index in [0.717, 1.165) is 22.4 Å². The van der Waals surface area contributed by atoms with E-state index in [0.29, 0.717) is 11.1 Å². The zero-order chi connectivity index (χ0) is 17.7. The van der Waals surface area contributed by atoms with Crippen LogP contribution in [-0.2, 0) is 0 Å². The topological polar surface area (TPSA) is 53.5 Å². The predicted molar refractivity (Wildman–Crippen MR) is 96.8 cm³/mol. The van der Waals surface area contributed by atoms with E-state index in [2.05, 4.69) is 22.4 Å². The molecule has 0 fully saturated rings. The van der Waals surface area contributed by atoms with Crippen molar-refractivity contribution in [3.8, 4) is 0 Å². The molecule has 124 valence electrons. The molecule has 0 heterocycles. The highest BCUT2D eigenvalue weighted by atomic mass is 19.1. The Morgan fingerprint density at radius 1 is 1.21 bits per heavy atom. The quantitative estimate of drug-likeness (QED) is 0.625. The molecule has 0 saturated carbocycles. The van der Waals surface area contributed by atoms with Gasteiger partial charge in [-0.3, -0.25) is 0 Å². The molecule has 2 rings (SSSR count). The molecule has 0 radical (unpaired) electrons. The van der Waals surface area contributed by atoms with Crippen molar-refractivity contribution in [3.63, 3.8) is 0 Å². The van der Waals surface area contributed by atoms with Crippen LogP contribution in [0.5, 0.6) is 0 Å². The van der Waals surface area contributed by atoms with Crippen molar-refractivity contribution >= 4 is 23.5 Å². The third kappa shape index (κ3) is 4.29. The number of benzene rings is 2. The number of halogens is 1. The fourth-order valence-electron chi connectivity index (χ4n) is 2.32. The number of hydrogen-bond acceptors (Lipinski definition) is 2. The zero-order valence-electron chi connectivity index (χ0n) is 14.0. The molecule has 0 spiro atoms. The minimum absolute atomic E-state index is 0.342. The number of rotatable bonds is 4. The van der Waals surface area contributed by atoms with Crippen LogP contribution in [0.2, 0.25) is 0 Å². The molecular weight excluding hydrogens is 305 g/mol. The molecule has 0 bridgehead atoms. The van der Waals surface area contributed by atoms with Crippen molar-refractivity contribution in [2.24, 2.45) is 5.10 Å². The highest BCUT2D eigenvalue weighted by Gasteiger charge is 2.06. The highest BCUT2D eigenvalue weighted by molar-refractivity contribution is 5.93. The molecule has 0 atom stereocenters. The smallest absolute Gasteiger partial charge is 0.306 e. The summed E-state index contributed by atoms with van der Waals surface area (Å²) >= 11 is 0. The van der Waals surface area contributed by atoms with Crippen molar-refractivity contribution in [2.75, 3.05) is 5.32 Å². The van der Waals surface area contributed by atoms with Crippen molar-refractivity contribution in [1.29, 1.82) is 0 Å². The fraction of sp³-hybridized carbons (Fsp3) is 0.158. The van der Waals surface area contributed by atoms with E-state index < -0.39 is 6.03 Å². The van der Waals surface area contributed by atoms with Gasteiger partial charge in [-0.1, -0.05) is 30.4 Å². The van der Waals surface area contributed by atoms with E-state index in [-0.39, 0.29) is 5.82 Å². The van der Waals surface area contributed by atoms with E-state index in [9.17, 15) is 9.18 Å². The fourth-order valence-corrected chi connectivity index (χ4v) is 2.32. The third-order valence-corrected chi connectivity index (χ3v) is 3.56. The molecule has 0 unspecified atom stereocenters. The van der Waals surface area contributed by atoms with Gasteiger partial charge in [-0.05, 0) is 55.7 Å². The molecule has 0 aliphatic heterocycles. The third-order valence-electron chi connectivity index (χ3n) is 3.56. The standard InChI is InChI=1S/C19H20FN3O/c1-12(2)17-10-16(20)9-8-15(17)11-21-23-19(24)22-18-13(3)6-5-7-14(18)4/h5-11H,1H2,2-4H3,(H2,22,23,24). The minimum Gasteiger partial charge on any atom is -0.306 e. The normalized spacial score (nSPS) is 10.7. The predicted octanol–water partition coefficient (Wildman–Crippen LogP) is 4.63. The van der Waals surface area contributed by atoms with E-state index in [4.69, 9.17) is 0 Å². The summed E-state index contributed by atoms with van der Waals surface area (Å²) in [5, 5.41) is 6.69. The summed E-state index contributed by atoms with van der Waals surface area (Å²) in [6.07, 6.45) is 1.47. The summed E-state index contributed by atoms with van der Waals surface area (Å²) in [4.78, 5) is 12.0. The average molecular weight is 325 g/mol. The van der Waals surface area contributed by atoms with Crippen LogP contribution >= 0.6 is 0 Å². The Balaban J connectivity index is 2.07. The number of nitrogens with one attached hydrogen (secondary N) is 2. The van der Waals surface area contributed by atoms with Crippen molar-refractivity contribution < 1.29 is 9.18 Å². The summed E-state index contributed by atoms with van der Waals surface area (Å²) in [7, 11) is 0. The summed E-state index contributed by atoms with van der Waals surface area (Å²) < 4.78 is 13.3. The number of amides is 2. The zero-order valence-corrected chi connectivity index (χ0v) is 14.0. The van der Waals surface area contributed by atoms with Crippen LogP contribution in [0, 0.1) is 19.7 Å². The van der Waals surface area contributed by atoms with E-state index in [1.165, 1.54) is 18.3 Å². The molecule has 2 N–H and O–H groups in total. The van der Waals surface area contributed by atoms with Crippen LogP contribution in [-0.4, -0.2) is 12.2 Å². The molecule has 2 aromatic carbocycles. The molecule has 0 saturated heterocycles. The number of nitrogens with zero attached hydrogens (tertiary/aromatic N) is 1. The van der Waals surface area contributed by atoms with Crippen LogP contribution < -0.4 is 10.7 Å². The van der Waals surface area contributed by atoms with Crippen molar-refractivity contribution in [2.45, 2.75) is 20.8 Å². The minimum atomic E-state index is -0.442. The molecule has 0 aliphatic rings. The van der Waals surface area contributed by atoms with Gasteiger partial charge in [-0.2, -0.15) is 5.10 Å². The van der Waals surface area contributed by atoms with E-state index in [1.54, 1.807) is 13.0 Å². The maximum Gasteiger partial charge on any atom is 0.339 e. The second kappa shape index (κ2) is 7.55. The SMILES string of the molecule is C=C(C)c1cc(F)ccc1C=NNC(=O)Nc1c(C)cccc1C. The first-order valence-electron chi connectivity index (χ1n) is 7.50. The van der Waals surface area contributed by atoms with Crippen LogP contribution in [0.15, 0.2) is 48.1 Å². The lowest BCUT2D eigenvalue weighted by atomic mass is 10.0. The summed E-state index contributed by atoms with van der Waals surface area (Å²) in [6.45, 7) is 9.44. The van der Waals surface area contributed by atoms with Crippen molar-refractivity contribution in [1.82, 2.24) is 5.43 Å². The number of hydrazone groups is 1. The Morgan fingerprint density at radius 3 is 2.50 bits per heavy atom. The maximum absolute atomic E-state index is 13.3. The van der Waals surface area contributed by atoms with Gasteiger partial charge in [0.1, 0.15) is 5.82 Å². The van der Waals surface area contributed by atoms with Gasteiger partial charge in [-0.25, -0.2) is 14.6 Å². The average Bonchev–Trinajstić information content (AvgIpc) is 2.52. The van der Waals surface area contributed by atoms with Crippen molar-refractivity contribution in [3.05, 3.63) is 71.0 Å². The largest absolute Gasteiger partial charge is 0.339 e. The number of carbonyl (C=O) groups is 1. The number of anilines is 1. The van der Waals surface area contributed by atoms with Crippen LogP contribution in [0.3, 0.4) is 0 Å². The molecule has 5 heteroatoms. The first-order chi connectivity index (χ1) is 11.4. The van der Waals surface area contributed by atoms with Gasteiger partial charge in [0.2, 0.25) is 0 Å². The second-order valence-corrected chi connectivity index (χ2v) is 5.60. The van der Waals surface area contributed by atoms with E-state index in [1.807, 2.05) is 32.0 Å².